The first kappa shape index (κ1) is 14.2. The van der Waals surface area contributed by atoms with Gasteiger partial charge in [-0.25, -0.2) is 4.98 Å². The number of aromatic amines is 1. The highest BCUT2D eigenvalue weighted by Gasteiger charge is 2.16. The van der Waals surface area contributed by atoms with Crippen LogP contribution in [0.25, 0.3) is 0 Å². The van der Waals surface area contributed by atoms with Crippen molar-refractivity contribution in [1.82, 2.24) is 15.3 Å². The van der Waals surface area contributed by atoms with Crippen LogP contribution in [0.15, 0.2) is 36.7 Å². The average molecular weight is 288 g/mol. The summed E-state index contributed by atoms with van der Waals surface area (Å²) in [6.45, 7) is 1.99. The van der Waals surface area contributed by atoms with E-state index in [2.05, 4.69) is 15.3 Å². The van der Waals surface area contributed by atoms with Gasteiger partial charge in [0.15, 0.2) is 0 Å². The van der Waals surface area contributed by atoms with Crippen molar-refractivity contribution in [3.05, 3.63) is 53.6 Å². The molecule has 0 bridgehead atoms. The van der Waals surface area contributed by atoms with E-state index in [9.17, 15) is 4.79 Å². The lowest BCUT2D eigenvalue weighted by Crippen LogP contribution is -2.29. The van der Waals surface area contributed by atoms with Crippen molar-refractivity contribution in [3.8, 4) is 0 Å². The normalized spacial score (nSPS) is 11.8. The van der Waals surface area contributed by atoms with E-state index in [4.69, 9.17) is 18.0 Å². The van der Waals surface area contributed by atoms with Crippen LogP contribution in [0.4, 0.5) is 0 Å². The van der Waals surface area contributed by atoms with Gasteiger partial charge in [0.05, 0.1) is 6.04 Å². The molecule has 0 fully saturated rings. The minimum absolute atomic E-state index is 0.147. The van der Waals surface area contributed by atoms with Crippen molar-refractivity contribution in [1.29, 1.82) is 0 Å². The van der Waals surface area contributed by atoms with Gasteiger partial charge in [0.1, 0.15) is 10.8 Å². The highest BCUT2D eigenvalue weighted by molar-refractivity contribution is 7.80. The van der Waals surface area contributed by atoms with Crippen LogP contribution >= 0.6 is 12.2 Å². The van der Waals surface area contributed by atoms with Crippen LogP contribution in [0.3, 0.4) is 0 Å². The summed E-state index contributed by atoms with van der Waals surface area (Å²) in [6.07, 6.45) is 4.14. The molecule has 1 aromatic heterocycles. The van der Waals surface area contributed by atoms with Crippen molar-refractivity contribution in [2.75, 3.05) is 0 Å². The maximum atomic E-state index is 12.2. The topological polar surface area (TPSA) is 83.8 Å². The summed E-state index contributed by atoms with van der Waals surface area (Å²) >= 11 is 4.91. The van der Waals surface area contributed by atoms with E-state index in [1.165, 1.54) is 0 Å². The number of hydrogen-bond donors (Lipinski definition) is 3. The van der Waals surface area contributed by atoms with Crippen LogP contribution in [0.5, 0.6) is 0 Å². The van der Waals surface area contributed by atoms with E-state index in [1.54, 1.807) is 36.7 Å². The zero-order chi connectivity index (χ0) is 14.5. The predicted octanol–water partition coefficient (Wildman–Crippen LogP) is 1.92. The second-order valence-corrected chi connectivity index (χ2v) is 4.79. The molecule has 0 spiro atoms. The number of imidazole rings is 1. The maximum absolute atomic E-state index is 12.2. The second kappa shape index (κ2) is 6.29. The molecule has 4 N–H and O–H groups in total. The third-order valence-electron chi connectivity index (χ3n) is 2.97. The Bertz CT molecular complexity index is 609. The fourth-order valence-electron chi connectivity index (χ4n) is 1.89. The third kappa shape index (κ3) is 3.21. The van der Waals surface area contributed by atoms with Gasteiger partial charge in [-0.1, -0.05) is 31.3 Å². The molecule has 0 radical (unpaired) electrons. The molecule has 104 valence electrons. The molecule has 2 rings (SSSR count). The Morgan fingerprint density at radius 2 is 2.25 bits per heavy atom. The van der Waals surface area contributed by atoms with Gasteiger partial charge in [-0.15, -0.1) is 0 Å². The fourth-order valence-corrected chi connectivity index (χ4v) is 2.01. The molecule has 6 heteroatoms. The van der Waals surface area contributed by atoms with E-state index in [0.29, 0.717) is 11.1 Å². The molecular formula is C14H16N4OS. The van der Waals surface area contributed by atoms with Gasteiger partial charge in [0.25, 0.3) is 5.91 Å². The maximum Gasteiger partial charge on any atom is 0.251 e. The Morgan fingerprint density at radius 1 is 1.50 bits per heavy atom. The van der Waals surface area contributed by atoms with E-state index >= 15 is 0 Å². The molecule has 5 nitrogen and oxygen atoms in total. The lowest BCUT2D eigenvalue weighted by molar-refractivity contribution is 0.0934. The number of nitrogens with zero attached hydrogens (tertiary/aromatic N) is 1. The van der Waals surface area contributed by atoms with Crippen LogP contribution in [-0.2, 0) is 0 Å². The predicted molar refractivity (Wildman–Crippen MR) is 81.4 cm³/mol. The molecule has 0 aliphatic carbocycles. The fraction of sp³-hybridized carbons (Fsp3) is 0.214. The molecule has 1 aromatic carbocycles. The minimum atomic E-state index is -0.175. The number of thiocarbonyl (C=S) groups is 1. The van der Waals surface area contributed by atoms with Crippen molar-refractivity contribution < 1.29 is 4.79 Å². The SMILES string of the molecule is CCC(NC(=O)c1cccc(C(N)=S)c1)c1ncc[nH]1. The Hall–Kier alpha value is -2.21. The van der Waals surface area contributed by atoms with Gasteiger partial charge in [-0.2, -0.15) is 0 Å². The molecule has 0 aliphatic heterocycles. The Morgan fingerprint density at radius 3 is 2.85 bits per heavy atom. The smallest absolute Gasteiger partial charge is 0.251 e. The molecule has 1 unspecified atom stereocenters. The molecule has 1 atom stereocenters. The Labute approximate surface area is 122 Å². The van der Waals surface area contributed by atoms with E-state index in [0.717, 1.165) is 12.2 Å². The van der Waals surface area contributed by atoms with Crippen LogP contribution in [0, 0.1) is 0 Å². The van der Waals surface area contributed by atoms with Crippen molar-refractivity contribution in [2.24, 2.45) is 5.73 Å². The summed E-state index contributed by atoms with van der Waals surface area (Å²) in [4.78, 5) is 19.7. The number of aromatic nitrogens is 2. The summed E-state index contributed by atoms with van der Waals surface area (Å²) in [5, 5.41) is 2.93. The Balaban J connectivity index is 2.15. The average Bonchev–Trinajstić information content (AvgIpc) is 2.98. The van der Waals surface area contributed by atoms with Gasteiger partial charge in [-0.3, -0.25) is 4.79 Å². The van der Waals surface area contributed by atoms with Gasteiger partial charge in [-0.05, 0) is 18.6 Å². The minimum Gasteiger partial charge on any atom is -0.389 e. The van der Waals surface area contributed by atoms with Gasteiger partial charge < -0.3 is 16.0 Å². The first-order chi connectivity index (χ1) is 9.61. The summed E-state index contributed by atoms with van der Waals surface area (Å²) in [5.74, 6) is 0.567. The summed E-state index contributed by atoms with van der Waals surface area (Å²) in [5.41, 5.74) is 6.78. The zero-order valence-corrected chi connectivity index (χ0v) is 11.9. The monoisotopic (exact) mass is 288 g/mol. The number of carbonyl (C=O) groups is 1. The van der Waals surface area contributed by atoms with Gasteiger partial charge >= 0.3 is 0 Å². The highest BCUT2D eigenvalue weighted by Crippen LogP contribution is 2.13. The number of rotatable bonds is 5. The number of carbonyl (C=O) groups excluding carboxylic acids is 1. The first-order valence-electron chi connectivity index (χ1n) is 6.31. The summed E-state index contributed by atoms with van der Waals surface area (Å²) in [6, 6.07) is 6.81. The molecule has 0 saturated heterocycles. The van der Waals surface area contributed by atoms with Gasteiger partial charge in [0, 0.05) is 23.5 Å². The third-order valence-corrected chi connectivity index (χ3v) is 3.21. The summed E-state index contributed by atoms with van der Waals surface area (Å²) < 4.78 is 0. The number of benzene rings is 1. The summed E-state index contributed by atoms with van der Waals surface area (Å²) in [7, 11) is 0. The molecule has 0 aliphatic rings. The number of hydrogen-bond acceptors (Lipinski definition) is 3. The lowest BCUT2D eigenvalue weighted by atomic mass is 10.1. The van der Waals surface area contributed by atoms with E-state index in [-0.39, 0.29) is 16.9 Å². The molecule has 1 amide bonds. The molecule has 0 saturated carbocycles. The molecule has 20 heavy (non-hydrogen) atoms. The van der Waals surface area contributed by atoms with Crippen molar-refractivity contribution in [2.45, 2.75) is 19.4 Å². The number of nitrogens with one attached hydrogen (secondary N) is 2. The standard InChI is InChI=1S/C14H16N4OS/c1-2-11(13-16-6-7-17-13)18-14(19)10-5-3-4-9(8-10)12(15)20/h3-8,11H,2H2,1H3,(H2,15,20)(H,16,17)(H,18,19). The van der Waals surface area contributed by atoms with Gasteiger partial charge in [0.2, 0.25) is 0 Å². The number of nitrogens with two attached hydrogens (primary N) is 1. The largest absolute Gasteiger partial charge is 0.389 e. The van der Waals surface area contributed by atoms with Crippen LogP contribution in [0.2, 0.25) is 0 Å². The number of H-pyrrole nitrogens is 1. The van der Waals surface area contributed by atoms with Crippen LogP contribution in [0.1, 0.15) is 41.1 Å². The highest BCUT2D eigenvalue weighted by atomic mass is 32.1. The van der Waals surface area contributed by atoms with Crippen LogP contribution < -0.4 is 11.1 Å². The van der Waals surface area contributed by atoms with Crippen LogP contribution in [-0.4, -0.2) is 20.9 Å². The van der Waals surface area contributed by atoms with E-state index in [1.807, 2.05) is 6.92 Å². The van der Waals surface area contributed by atoms with Crippen molar-refractivity contribution in [3.63, 3.8) is 0 Å². The zero-order valence-electron chi connectivity index (χ0n) is 11.1. The lowest BCUT2D eigenvalue weighted by Gasteiger charge is -2.15. The number of amides is 1. The molecular weight excluding hydrogens is 272 g/mol. The quantitative estimate of drug-likeness (QED) is 0.734. The van der Waals surface area contributed by atoms with Crippen molar-refractivity contribution >= 4 is 23.1 Å². The molecule has 1 heterocycles. The first-order valence-corrected chi connectivity index (χ1v) is 6.72. The molecule has 2 aromatic rings. The Kier molecular flexibility index (Phi) is 4.47. The van der Waals surface area contributed by atoms with E-state index < -0.39 is 0 Å². The second-order valence-electron chi connectivity index (χ2n) is 4.35.